The van der Waals surface area contributed by atoms with Crippen LogP contribution in [0.5, 0.6) is 0 Å². The molecule has 0 heterocycles. The fraction of sp³-hybridized carbons (Fsp3) is 0.462. The molecule has 2 heteroatoms. The molecule has 1 unspecified atom stereocenters. The van der Waals surface area contributed by atoms with E-state index in [2.05, 4.69) is 6.08 Å². The Morgan fingerprint density at radius 1 is 1.53 bits per heavy atom. The van der Waals surface area contributed by atoms with Gasteiger partial charge in [-0.2, -0.15) is 0 Å². The Bertz CT molecular complexity index is 323. The first-order valence-corrected chi connectivity index (χ1v) is 5.75. The summed E-state index contributed by atoms with van der Waals surface area (Å²) >= 11 is 5.91. The smallest absolute Gasteiger partial charge is 0.135 e. The standard InChI is InChI=1S/C13H17ClO/c1-3-13(15)10(2)9-11-5-4-6-12(14)8-7-11/h4-5,7-8,10H,3,6,9H2,1-2H3. The molecule has 0 radical (unpaired) electrons. The highest BCUT2D eigenvalue weighted by Crippen LogP contribution is 2.20. The van der Waals surface area contributed by atoms with Crippen LogP contribution in [0.1, 0.15) is 33.1 Å². The highest BCUT2D eigenvalue weighted by atomic mass is 35.5. The van der Waals surface area contributed by atoms with Crippen molar-refractivity contribution >= 4 is 17.4 Å². The van der Waals surface area contributed by atoms with Crippen molar-refractivity contribution < 1.29 is 4.79 Å². The van der Waals surface area contributed by atoms with Gasteiger partial charge in [0.05, 0.1) is 0 Å². The van der Waals surface area contributed by atoms with E-state index < -0.39 is 0 Å². The Kier molecular flexibility index (Phi) is 4.83. The van der Waals surface area contributed by atoms with Crippen LogP contribution in [0, 0.1) is 5.92 Å². The third-order valence-corrected chi connectivity index (χ3v) is 2.84. The number of halogens is 1. The minimum absolute atomic E-state index is 0.108. The number of ketones is 1. The molecule has 82 valence electrons. The van der Waals surface area contributed by atoms with Crippen molar-refractivity contribution in [2.24, 2.45) is 5.92 Å². The van der Waals surface area contributed by atoms with E-state index in [9.17, 15) is 4.79 Å². The lowest BCUT2D eigenvalue weighted by Crippen LogP contribution is -2.09. The zero-order chi connectivity index (χ0) is 11.3. The average molecular weight is 225 g/mol. The fourth-order valence-corrected chi connectivity index (χ4v) is 1.75. The molecule has 0 N–H and O–H groups in total. The molecule has 1 atom stereocenters. The highest BCUT2D eigenvalue weighted by Gasteiger charge is 2.11. The van der Waals surface area contributed by atoms with Crippen LogP contribution < -0.4 is 0 Å². The van der Waals surface area contributed by atoms with Crippen LogP contribution in [0.3, 0.4) is 0 Å². The summed E-state index contributed by atoms with van der Waals surface area (Å²) in [6, 6.07) is 0. The average Bonchev–Trinajstić information content (AvgIpc) is 2.42. The van der Waals surface area contributed by atoms with E-state index in [0.29, 0.717) is 12.2 Å². The molecule has 1 aliphatic rings. The zero-order valence-corrected chi connectivity index (χ0v) is 10.1. The highest BCUT2D eigenvalue weighted by molar-refractivity contribution is 6.29. The normalized spacial score (nSPS) is 17.8. The van der Waals surface area contributed by atoms with Crippen molar-refractivity contribution in [3.05, 3.63) is 34.9 Å². The van der Waals surface area contributed by atoms with Crippen molar-refractivity contribution in [2.45, 2.75) is 33.1 Å². The third kappa shape index (κ3) is 4.05. The van der Waals surface area contributed by atoms with Crippen molar-refractivity contribution in [3.63, 3.8) is 0 Å². The van der Waals surface area contributed by atoms with Gasteiger partial charge in [0.1, 0.15) is 5.78 Å². The number of hydrogen-bond donors (Lipinski definition) is 0. The zero-order valence-electron chi connectivity index (χ0n) is 9.29. The topological polar surface area (TPSA) is 17.1 Å². The van der Waals surface area contributed by atoms with Gasteiger partial charge in [0.25, 0.3) is 0 Å². The largest absolute Gasteiger partial charge is 0.299 e. The monoisotopic (exact) mass is 224 g/mol. The van der Waals surface area contributed by atoms with Crippen LogP contribution in [-0.4, -0.2) is 5.78 Å². The Labute approximate surface area is 96.5 Å². The summed E-state index contributed by atoms with van der Waals surface area (Å²) in [5, 5.41) is 0.843. The van der Waals surface area contributed by atoms with Gasteiger partial charge < -0.3 is 0 Å². The fourth-order valence-electron chi connectivity index (χ4n) is 1.60. The van der Waals surface area contributed by atoms with E-state index in [1.165, 1.54) is 5.57 Å². The van der Waals surface area contributed by atoms with Gasteiger partial charge >= 0.3 is 0 Å². The van der Waals surface area contributed by atoms with Gasteiger partial charge in [-0.1, -0.05) is 43.7 Å². The SMILES string of the molecule is CCC(=O)C(C)CC1=CC=C(Cl)CC=C1. The maximum Gasteiger partial charge on any atom is 0.135 e. The Balaban J connectivity index is 2.62. The number of Topliss-reactive ketones (excluding diaryl/α,β-unsaturated/α-hetero) is 1. The Hall–Kier alpha value is -0.820. The number of hydrogen-bond acceptors (Lipinski definition) is 1. The van der Waals surface area contributed by atoms with Gasteiger partial charge in [-0.05, 0) is 18.1 Å². The van der Waals surface area contributed by atoms with Crippen LogP contribution in [0.15, 0.2) is 34.9 Å². The summed E-state index contributed by atoms with van der Waals surface area (Å²) in [5.74, 6) is 0.430. The van der Waals surface area contributed by atoms with Crippen molar-refractivity contribution in [3.8, 4) is 0 Å². The first-order chi connectivity index (χ1) is 7.13. The predicted molar refractivity (Wildman–Crippen MR) is 64.9 cm³/mol. The minimum atomic E-state index is 0.108. The quantitative estimate of drug-likeness (QED) is 0.706. The summed E-state index contributed by atoms with van der Waals surface area (Å²) in [7, 11) is 0. The summed E-state index contributed by atoms with van der Waals surface area (Å²) in [5.41, 5.74) is 1.18. The Morgan fingerprint density at radius 2 is 2.27 bits per heavy atom. The second kappa shape index (κ2) is 5.92. The molecule has 0 saturated carbocycles. The molecule has 0 spiro atoms. The van der Waals surface area contributed by atoms with E-state index in [0.717, 1.165) is 17.9 Å². The lowest BCUT2D eigenvalue weighted by Gasteiger charge is -2.08. The molecule has 0 amide bonds. The molecule has 1 nitrogen and oxygen atoms in total. The predicted octanol–water partition coefficient (Wildman–Crippen LogP) is 4.00. The molecule has 0 aromatic carbocycles. The maximum absolute atomic E-state index is 11.4. The molecule has 0 fully saturated rings. The van der Waals surface area contributed by atoms with Crippen molar-refractivity contribution in [1.82, 2.24) is 0 Å². The van der Waals surface area contributed by atoms with Crippen molar-refractivity contribution in [2.75, 3.05) is 0 Å². The molecule has 15 heavy (non-hydrogen) atoms. The molecule has 1 rings (SSSR count). The van der Waals surface area contributed by atoms with E-state index in [-0.39, 0.29) is 5.92 Å². The summed E-state index contributed by atoms with van der Waals surface area (Å²) in [6.45, 7) is 3.89. The van der Waals surface area contributed by atoms with Gasteiger partial charge in [0, 0.05) is 23.8 Å². The second-order valence-corrected chi connectivity index (χ2v) is 4.37. The van der Waals surface area contributed by atoms with Gasteiger partial charge in [0.2, 0.25) is 0 Å². The third-order valence-electron chi connectivity index (χ3n) is 2.56. The van der Waals surface area contributed by atoms with E-state index in [1.54, 1.807) is 0 Å². The van der Waals surface area contributed by atoms with E-state index >= 15 is 0 Å². The summed E-state index contributed by atoms with van der Waals surface area (Å²) in [4.78, 5) is 11.4. The summed E-state index contributed by atoms with van der Waals surface area (Å²) < 4.78 is 0. The number of carbonyl (C=O) groups is 1. The molecule has 0 saturated heterocycles. The van der Waals surface area contributed by atoms with E-state index in [1.807, 2.05) is 32.1 Å². The van der Waals surface area contributed by atoms with Crippen LogP contribution in [-0.2, 0) is 4.79 Å². The van der Waals surface area contributed by atoms with Crippen LogP contribution >= 0.6 is 11.6 Å². The molecule has 1 aliphatic carbocycles. The molecule has 0 bridgehead atoms. The van der Waals surface area contributed by atoms with Crippen molar-refractivity contribution in [1.29, 1.82) is 0 Å². The Morgan fingerprint density at radius 3 is 2.93 bits per heavy atom. The van der Waals surface area contributed by atoms with Crippen LogP contribution in [0.25, 0.3) is 0 Å². The maximum atomic E-state index is 11.4. The van der Waals surface area contributed by atoms with Crippen LogP contribution in [0.4, 0.5) is 0 Å². The van der Waals surface area contributed by atoms with Crippen LogP contribution in [0.2, 0.25) is 0 Å². The van der Waals surface area contributed by atoms with Gasteiger partial charge in [-0.25, -0.2) is 0 Å². The van der Waals surface area contributed by atoms with Gasteiger partial charge in [-0.3, -0.25) is 4.79 Å². The number of carbonyl (C=O) groups excluding carboxylic acids is 1. The second-order valence-electron chi connectivity index (χ2n) is 3.89. The molecular weight excluding hydrogens is 208 g/mol. The summed E-state index contributed by atoms with van der Waals surface area (Å²) in [6.07, 6.45) is 10.2. The lowest BCUT2D eigenvalue weighted by atomic mass is 9.95. The number of rotatable bonds is 4. The lowest BCUT2D eigenvalue weighted by molar-refractivity contribution is -0.122. The molecule has 0 aliphatic heterocycles. The first kappa shape index (κ1) is 12.3. The van der Waals surface area contributed by atoms with E-state index in [4.69, 9.17) is 11.6 Å². The molecular formula is C13H17ClO. The first-order valence-electron chi connectivity index (χ1n) is 5.38. The van der Waals surface area contributed by atoms with Gasteiger partial charge in [-0.15, -0.1) is 0 Å². The minimum Gasteiger partial charge on any atom is -0.299 e. The molecule has 0 aromatic rings. The molecule has 0 aromatic heterocycles. The number of allylic oxidation sites excluding steroid dienone is 6. The van der Waals surface area contributed by atoms with Gasteiger partial charge in [0.15, 0.2) is 0 Å².